The summed E-state index contributed by atoms with van der Waals surface area (Å²) in [6.45, 7) is 0.521. The van der Waals surface area contributed by atoms with Gasteiger partial charge in [0, 0.05) is 12.7 Å². The zero-order valence-corrected chi connectivity index (χ0v) is 9.95. The molecule has 0 spiro atoms. The van der Waals surface area contributed by atoms with Gasteiger partial charge in [-0.1, -0.05) is 18.2 Å². The van der Waals surface area contributed by atoms with Crippen molar-refractivity contribution in [3.8, 4) is 10.7 Å². The van der Waals surface area contributed by atoms with Crippen molar-refractivity contribution in [2.24, 2.45) is 5.73 Å². The molecule has 0 saturated heterocycles. The largest absolute Gasteiger partial charge is 0.326 e. The molecule has 2 aromatic heterocycles. The van der Waals surface area contributed by atoms with Crippen molar-refractivity contribution >= 4 is 21.6 Å². The number of nitrogens with two attached hydrogens (primary N) is 1. The van der Waals surface area contributed by atoms with E-state index in [9.17, 15) is 0 Å². The summed E-state index contributed by atoms with van der Waals surface area (Å²) in [5, 5.41) is 0.953. The molecule has 0 bridgehead atoms. The second-order valence-corrected chi connectivity index (χ2v) is 4.77. The minimum Gasteiger partial charge on any atom is -0.326 e. The lowest BCUT2D eigenvalue weighted by Crippen LogP contribution is -1.96. The average Bonchev–Trinajstić information content (AvgIpc) is 2.82. The molecular weight excluding hydrogens is 230 g/mol. The Balaban J connectivity index is 2.07. The standard InChI is InChI=1S/C13H11N3S/c14-7-9-5-6-11(15-8-9)13-16-10-3-1-2-4-12(10)17-13/h1-6,8H,7,14H2. The summed E-state index contributed by atoms with van der Waals surface area (Å²) >= 11 is 1.66. The monoisotopic (exact) mass is 241 g/mol. The number of hydrogen-bond acceptors (Lipinski definition) is 4. The third kappa shape index (κ3) is 1.92. The van der Waals surface area contributed by atoms with E-state index in [1.54, 1.807) is 17.5 Å². The van der Waals surface area contributed by atoms with E-state index in [4.69, 9.17) is 5.73 Å². The summed E-state index contributed by atoms with van der Waals surface area (Å²) in [5.74, 6) is 0. The molecule has 0 fully saturated rings. The van der Waals surface area contributed by atoms with Crippen molar-refractivity contribution in [2.75, 3.05) is 0 Å². The fourth-order valence-electron chi connectivity index (χ4n) is 1.65. The predicted molar refractivity (Wildman–Crippen MR) is 70.7 cm³/mol. The minimum atomic E-state index is 0.521. The summed E-state index contributed by atoms with van der Waals surface area (Å²) in [7, 11) is 0. The van der Waals surface area contributed by atoms with E-state index in [1.165, 1.54) is 4.70 Å². The lowest BCUT2D eigenvalue weighted by Gasteiger charge is -1.97. The van der Waals surface area contributed by atoms with E-state index >= 15 is 0 Å². The molecular formula is C13H11N3S. The Labute approximate surface area is 103 Å². The van der Waals surface area contributed by atoms with E-state index in [1.807, 2.05) is 30.3 Å². The highest BCUT2D eigenvalue weighted by Gasteiger charge is 2.06. The van der Waals surface area contributed by atoms with Crippen LogP contribution in [-0.4, -0.2) is 9.97 Å². The van der Waals surface area contributed by atoms with E-state index in [0.717, 1.165) is 21.8 Å². The van der Waals surface area contributed by atoms with E-state index in [-0.39, 0.29) is 0 Å². The van der Waals surface area contributed by atoms with Crippen LogP contribution < -0.4 is 5.73 Å². The first-order valence-electron chi connectivity index (χ1n) is 5.38. The molecule has 0 aliphatic rings. The number of thiazole rings is 1. The minimum absolute atomic E-state index is 0.521. The lowest BCUT2D eigenvalue weighted by atomic mass is 10.2. The number of benzene rings is 1. The third-order valence-electron chi connectivity index (χ3n) is 2.57. The van der Waals surface area contributed by atoms with Gasteiger partial charge in [-0.2, -0.15) is 0 Å². The van der Waals surface area contributed by atoms with E-state index in [0.29, 0.717) is 6.54 Å². The van der Waals surface area contributed by atoms with Crippen LogP contribution in [0.1, 0.15) is 5.56 Å². The summed E-state index contributed by atoms with van der Waals surface area (Å²) in [5.41, 5.74) is 8.51. The average molecular weight is 241 g/mol. The Morgan fingerprint density at radius 1 is 1.12 bits per heavy atom. The number of nitrogens with zero attached hydrogens (tertiary/aromatic N) is 2. The van der Waals surface area contributed by atoms with Crippen molar-refractivity contribution in [1.82, 2.24) is 9.97 Å². The van der Waals surface area contributed by atoms with Gasteiger partial charge in [-0.25, -0.2) is 4.98 Å². The highest BCUT2D eigenvalue weighted by molar-refractivity contribution is 7.21. The molecule has 0 radical (unpaired) electrons. The van der Waals surface area contributed by atoms with Gasteiger partial charge < -0.3 is 5.73 Å². The molecule has 3 nitrogen and oxygen atoms in total. The zero-order valence-electron chi connectivity index (χ0n) is 9.13. The number of rotatable bonds is 2. The smallest absolute Gasteiger partial charge is 0.143 e. The summed E-state index contributed by atoms with van der Waals surface area (Å²) in [6, 6.07) is 12.1. The normalized spacial score (nSPS) is 10.9. The van der Waals surface area contributed by atoms with Gasteiger partial charge in [0.15, 0.2) is 0 Å². The Morgan fingerprint density at radius 3 is 2.71 bits per heavy atom. The summed E-state index contributed by atoms with van der Waals surface area (Å²) in [4.78, 5) is 8.95. The number of para-hydroxylation sites is 1. The van der Waals surface area contributed by atoms with Crippen molar-refractivity contribution in [2.45, 2.75) is 6.54 Å². The van der Waals surface area contributed by atoms with Crippen LogP contribution in [-0.2, 0) is 6.54 Å². The van der Waals surface area contributed by atoms with Gasteiger partial charge in [-0.05, 0) is 23.8 Å². The molecule has 17 heavy (non-hydrogen) atoms. The van der Waals surface area contributed by atoms with Crippen molar-refractivity contribution in [3.63, 3.8) is 0 Å². The second kappa shape index (κ2) is 4.24. The molecule has 4 heteroatoms. The number of fused-ring (bicyclic) bond motifs is 1. The Kier molecular flexibility index (Phi) is 2.59. The van der Waals surface area contributed by atoms with Crippen LogP contribution in [0.3, 0.4) is 0 Å². The van der Waals surface area contributed by atoms with E-state index < -0.39 is 0 Å². The van der Waals surface area contributed by atoms with Gasteiger partial charge >= 0.3 is 0 Å². The summed E-state index contributed by atoms with van der Waals surface area (Å²) < 4.78 is 1.19. The molecule has 1 aromatic carbocycles. The molecule has 0 saturated carbocycles. The van der Waals surface area contributed by atoms with Gasteiger partial charge in [0.25, 0.3) is 0 Å². The molecule has 0 aliphatic heterocycles. The number of aromatic nitrogens is 2. The van der Waals surface area contributed by atoms with Crippen LogP contribution in [0.5, 0.6) is 0 Å². The Bertz CT molecular complexity index is 610. The predicted octanol–water partition coefficient (Wildman–Crippen LogP) is 2.82. The fourth-order valence-corrected chi connectivity index (χ4v) is 2.60. The van der Waals surface area contributed by atoms with Crippen molar-refractivity contribution < 1.29 is 0 Å². The number of hydrogen-bond donors (Lipinski definition) is 1. The van der Waals surface area contributed by atoms with Gasteiger partial charge in [0.05, 0.1) is 15.9 Å². The topological polar surface area (TPSA) is 51.8 Å². The second-order valence-electron chi connectivity index (χ2n) is 3.74. The molecule has 0 atom stereocenters. The van der Waals surface area contributed by atoms with Crippen LogP contribution in [0, 0.1) is 0 Å². The molecule has 2 heterocycles. The highest BCUT2D eigenvalue weighted by Crippen LogP contribution is 2.28. The van der Waals surface area contributed by atoms with E-state index in [2.05, 4.69) is 16.0 Å². The first-order valence-corrected chi connectivity index (χ1v) is 6.19. The van der Waals surface area contributed by atoms with Gasteiger partial charge in [-0.15, -0.1) is 11.3 Å². The molecule has 0 unspecified atom stereocenters. The highest BCUT2D eigenvalue weighted by atomic mass is 32.1. The number of pyridine rings is 1. The first kappa shape index (κ1) is 10.4. The molecule has 2 N–H and O–H groups in total. The quantitative estimate of drug-likeness (QED) is 0.750. The van der Waals surface area contributed by atoms with Crippen molar-refractivity contribution in [3.05, 3.63) is 48.2 Å². The van der Waals surface area contributed by atoms with Crippen LogP contribution in [0.25, 0.3) is 20.9 Å². The zero-order chi connectivity index (χ0) is 11.7. The maximum Gasteiger partial charge on any atom is 0.143 e. The van der Waals surface area contributed by atoms with Crippen LogP contribution in [0.4, 0.5) is 0 Å². The van der Waals surface area contributed by atoms with Gasteiger partial charge in [-0.3, -0.25) is 4.98 Å². The van der Waals surface area contributed by atoms with Crippen LogP contribution in [0.2, 0.25) is 0 Å². The Morgan fingerprint density at radius 2 is 2.00 bits per heavy atom. The molecule has 0 amide bonds. The van der Waals surface area contributed by atoms with Crippen LogP contribution >= 0.6 is 11.3 Å². The SMILES string of the molecule is NCc1ccc(-c2nc3ccccc3s2)nc1. The van der Waals surface area contributed by atoms with Crippen LogP contribution in [0.15, 0.2) is 42.6 Å². The maximum absolute atomic E-state index is 5.55. The fraction of sp³-hybridized carbons (Fsp3) is 0.0769. The molecule has 84 valence electrons. The summed E-state index contributed by atoms with van der Waals surface area (Å²) in [6.07, 6.45) is 1.81. The van der Waals surface area contributed by atoms with Gasteiger partial charge in [0.2, 0.25) is 0 Å². The lowest BCUT2D eigenvalue weighted by molar-refractivity contribution is 1.05. The van der Waals surface area contributed by atoms with Gasteiger partial charge in [0.1, 0.15) is 5.01 Å². The first-order chi connectivity index (χ1) is 8.36. The molecule has 0 aliphatic carbocycles. The Hall–Kier alpha value is -1.78. The van der Waals surface area contributed by atoms with Crippen molar-refractivity contribution in [1.29, 1.82) is 0 Å². The molecule has 3 rings (SSSR count). The third-order valence-corrected chi connectivity index (χ3v) is 3.63. The molecule has 3 aromatic rings. The maximum atomic E-state index is 5.55.